The van der Waals surface area contributed by atoms with Crippen LogP contribution in [0.1, 0.15) is 41.6 Å². The number of hydrogen-bond donors (Lipinski definition) is 1. The molecule has 5 heterocycles. The molecule has 188 valence electrons. The highest BCUT2D eigenvalue weighted by atomic mass is 32.1. The summed E-state index contributed by atoms with van der Waals surface area (Å²) in [6, 6.07) is 5.42. The molecule has 36 heavy (non-hydrogen) atoms. The van der Waals surface area contributed by atoms with Gasteiger partial charge in [-0.15, -0.1) is 11.3 Å². The Morgan fingerprint density at radius 2 is 2.11 bits per heavy atom. The number of methoxy groups -OCH3 is 1. The van der Waals surface area contributed by atoms with E-state index in [9.17, 15) is 9.50 Å². The largest absolute Gasteiger partial charge is 0.496 e. The zero-order valence-electron chi connectivity index (χ0n) is 19.6. The predicted molar refractivity (Wildman–Crippen MR) is 133 cm³/mol. The second-order valence-corrected chi connectivity index (χ2v) is 10.5. The van der Waals surface area contributed by atoms with Crippen molar-refractivity contribution in [2.24, 2.45) is 0 Å². The molecule has 1 unspecified atom stereocenters. The van der Waals surface area contributed by atoms with E-state index >= 15 is 0 Å². The summed E-state index contributed by atoms with van der Waals surface area (Å²) in [6.07, 6.45) is 1.53. The molecule has 1 aliphatic heterocycles. The quantitative estimate of drug-likeness (QED) is 0.303. The first kappa shape index (κ1) is 23.3. The van der Waals surface area contributed by atoms with E-state index in [1.807, 2.05) is 11.4 Å². The highest BCUT2D eigenvalue weighted by Crippen LogP contribution is 2.39. The van der Waals surface area contributed by atoms with Crippen molar-refractivity contribution in [3.05, 3.63) is 45.5 Å². The van der Waals surface area contributed by atoms with Gasteiger partial charge in [0.05, 0.1) is 24.4 Å². The van der Waals surface area contributed by atoms with Crippen LogP contribution in [0.25, 0.3) is 27.4 Å². The third kappa shape index (κ3) is 4.13. The number of rotatable bonds is 7. The van der Waals surface area contributed by atoms with Crippen LogP contribution in [0.2, 0.25) is 0 Å². The number of benzene rings is 1. The Hall–Kier alpha value is -3.06. The number of ether oxygens (including phenoxy) is 3. The molecule has 1 fully saturated rings. The summed E-state index contributed by atoms with van der Waals surface area (Å²) < 4.78 is 38.4. The van der Waals surface area contributed by atoms with Crippen LogP contribution in [0.4, 0.5) is 4.39 Å². The van der Waals surface area contributed by atoms with Gasteiger partial charge in [0.25, 0.3) is 0 Å². The molecule has 0 amide bonds. The van der Waals surface area contributed by atoms with E-state index in [-0.39, 0.29) is 6.61 Å². The van der Waals surface area contributed by atoms with Gasteiger partial charge in [0.15, 0.2) is 16.9 Å². The van der Waals surface area contributed by atoms with Gasteiger partial charge in [-0.25, -0.2) is 14.4 Å². The first-order valence-corrected chi connectivity index (χ1v) is 13.1. The van der Waals surface area contributed by atoms with E-state index in [0.29, 0.717) is 69.6 Å². The maximum atomic E-state index is 13.8. The molecule has 1 N–H and O–H groups in total. The van der Waals surface area contributed by atoms with Crippen LogP contribution < -0.4 is 9.47 Å². The van der Waals surface area contributed by atoms with Crippen LogP contribution in [-0.2, 0) is 16.9 Å². The van der Waals surface area contributed by atoms with E-state index in [1.54, 1.807) is 30.0 Å². The van der Waals surface area contributed by atoms with Crippen molar-refractivity contribution < 1.29 is 28.1 Å². The molecule has 0 bridgehead atoms. The fourth-order valence-corrected chi connectivity index (χ4v) is 5.91. The van der Waals surface area contributed by atoms with Gasteiger partial charge in [-0.3, -0.25) is 0 Å². The summed E-state index contributed by atoms with van der Waals surface area (Å²) in [6.45, 7) is 2.70. The topological polar surface area (TPSA) is 104 Å². The number of imidazole rings is 1. The molecule has 12 heteroatoms. The van der Waals surface area contributed by atoms with Gasteiger partial charge in [0.2, 0.25) is 4.96 Å². The number of nitrogens with zero attached hydrogens (tertiary/aromatic N) is 4. The molecule has 1 aromatic carbocycles. The zero-order valence-corrected chi connectivity index (χ0v) is 21.2. The Balaban J connectivity index is 1.30. The molecule has 9 nitrogen and oxygen atoms in total. The first-order chi connectivity index (χ1) is 17.4. The van der Waals surface area contributed by atoms with Crippen LogP contribution in [0.3, 0.4) is 0 Å². The molecule has 5 aromatic rings. The van der Waals surface area contributed by atoms with Crippen LogP contribution in [0, 0.1) is 0 Å². The molecular formula is C24H23FN4O5S2. The zero-order chi connectivity index (χ0) is 24.9. The summed E-state index contributed by atoms with van der Waals surface area (Å²) in [5.41, 5.74) is 0.959. The van der Waals surface area contributed by atoms with Crippen LogP contribution in [0.15, 0.2) is 34.2 Å². The van der Waals surface area contributed by atoms with E-state index < -0.39 is 11.8 Å². The number of thiazole rings is 1. The lowest BCUT2D eigenvalue weighted by atomic mass is 9.95. The number of aromatic nitrogens is 4. The van der Waals surface area contributed by atoms with E-state index in [1.165, 1.54) is 29.6 Å². The maximum absolute atomic E-state index is 13.8. The average Bonchev–Trinajstić information content (AvgIpc) is 3.65. The summed E-state index contributed by atoms with van der Waals surface area (Å²) >= 11 is 2.63. The Morgan fingerprint density at radius 1 is 1.28 bits per heavy atom. The van der Waals surface area contributed by atoms with Crippen molar-refractivity contribution in [1.29, 1.82) is 0 Å². The van der Waals surface area contributed by atoms with Crippen LogP contribution in [0.5, 0.6) is 11.5 Å². The summed E-state index contributed by atoms with van der Waals surface area (Å²) in [7, 11) is 1.57. The highest BCUT2D eigenvalue weighted by molar-refractivity contribution is 7.16. The number of alkyl halides is 1. The lowest BCUT2D eigenvalue weighted by molar-refractivity contribution is -0.0681. The first-order valence-electron chi connectivity index (χ1n) is 11.4. The van der Waals surface area contributed by atoms with Gasteiger partial charge in [0.1, 0.15) is 40.0 Å². The molecule has 0 saturated carbocycles. The van der Waals surface area contributed by atoms with Gasteiger partial charge >= 0.3 is 0 Å². The standard InChI is InChI=1S/C24H23FN4O5S2/c1-13(25)21-28-29-17(10-26-23(29)36-21)20-9-16-18(7-15(31-2)8-19(16)34-20)33-11-14-12-35-22(27-14)24(30)3-5-32-6-4-24/h7-10,12-13,30H,3-6,11H2,1-2H3. The third-order valence-corrected chi connectivity index (χ3v) is 8.31. The predicted octanol–water partition coefficient (Wildman–Crippen LogP) is 5.28. The van der Waals surface area contributed by atoms with Crippen molar-refractivity contribution in [2.45, 2.75) is 38.1 Å². The molecular weight excluding hydrogens is 507 g/mol. The van der Waals surface area contributed by atoms with E-state index in [0.717, 1.165) is 11.1 Å². The molecule has 4 aromatic heterocycles. The van der Waals surface area contributed by atoms with Gasteiger partial charge in [-0.05, 0) is 13.0 Å². The Bertz CT molecular complexity index is 1530. The summed E-state index contributed by atoms with van der Waals surface area (Å²) in [4.78, 5) is 9.56. The van der Waals surface area contributed by atoms with Gasteiger partial charge < -0.3 is 23.7 Å². The average molecular weight is 531 g/mol. The van der Waals surface area contributed by atoms with Crippen molar-refractivity contribution >= 4 is 38.6 Å². The minimum atomic E-state index is -1.18. The number of hydrogen-bond acceptors (Lipinski definition) is 10. The molecule has 6 rings (SSSR count). The molecule has 0 aliphatic carbocycles. The fourth-order valence-electron chi connectivity index (χ4n) is 4.14. The fraction of sp³-hybridized carbons (Fsp3) is 0.375. The van der Waals surface area contributed by atoms with E-state index in [4.69, 9.17) is 18.6 Å². The molecule has 0 radical (unpaired) electrons. The van der Waals surface area contributed by atoms with Crippen molar-refractivity contribution in [2.75, 3.05) is 20.3 Å². The van der Waals surface area contributed by atoms with Crippen molar-refractivity contribution in [3.63, 3.8) is 0 Å². The van der Waals surface area contributed by atoms with Gasteiger partial charge in [-0.2, -0.15) is 9.61 Å². The van der Waals surface area contributed by atoms with Crippen molar-refractivity contribution in [1.82, 2.24) is 19.6 Å². The summed E-state index contributed by atoms with van der Waals surface area (Å²) in [5.74, 6) is 1.67. The smallest absolute Gasteiger partial charge is 0.212 e. The Labute approximate surface area is 213 Å². The molecule has 1 saturated heterocycles. The lowest BCUT2D eigenvalue weighted by Gasteiger charge is -2.29. The van der Waals surface area contributed by atoms with Gasteiger partial charge in [-0.1, -0.05) is 11.3 Å². The maximum Gasteiger partial charge on any atom is 0.212 e. The van der Waals surface area contributed by atoms with E-state index in [2.05, 4.69) is 15.1 Å². The monoisotopic (exact) mass is 530 g/mol. The molecule has 0 spiro atoms. The lowest BCUT2D eigenvalue weighted by Crippen LogP contribution is -2.33. The SMILES string of the molecule is COc1cc(OCc2csc(C3(O)CCOCC3)n2)c2cc(-c3cnc4sc(C(C)F)nn34)oc2c1. The normalized spacial score (nSPS) is 16.6. The minimum Gasteiger partial charge on any atom is -0.496 e. The number of fused-ring (bicyclic) bond motifs is 2. The van der Waals surface area contributed by atoms with Crippen LogP contribution in [-0.4, -0.2) is 45.0 Å². The highest BCUT2D eigenvalue weighted by Gasteiger charge is 2.34. The summed E-state index contributed by atoms with van der Waals surface area (Å²) in [5, 5.41) is 18.9. The van der Waals surface area contributed by atoms with Crippen molar-refractivity contribution in [3.8, 4) is 23.0 Å². The number of aliphatic hydroxyl groups is 1. The Morgan fingerprint density at radius 3 is 2.89 bits per heavy atom. The minimum absolute atomic E-state index is 0.215. The molecule has 1 aliphatic rings. The number of halogens is 1. The van der Waals surface area contributed by atoms with Crippen LogP contribution >= 0.6 is 22.7 Å². The third-order valence-electron chi connectivity index (χ3n) is 6.15. The Kier molecular flexibility index (Phi) is 5.91. The second kappa shape index (κ2) is 9.11. The number of furan rings is 1. The second-order valence-electron chi connectivity index (χ2n) is 8.62. The molecule has 1 atom stereocenters. The van der Waals surface area contributed by atoms with Gasteiger partial charge in [0, 0.05) is 43.6 Å².